The average Bonchev–Trinajstić information content (AvgIpc) is 3.09. The SMILES string of the molecule is CCC(C)C(C(=O)C1CCCC1)N(Cc1ccccc1)C(=O)O. The van der Waals surface area contributed by atoms with Crippen LogP contribution in [0, 0.1) is 11.8 Å². The summed E-state index contributed by atoms with van der Waals surface area (Å²) in [5.74, 6) is 0.185. The normalized spacial score (nSPS) is 17.7. The van der Waals surface area contributed by atoms with Gasteiger partial charge in [0.2, 0.25) is 0 Å². The molecule has 2 rings (SSSR count). The van der Waals surface area contributed by atoms with Crippen molar-refractivity contribution in [3.63, 3.8) is 0 Å². The third-order valence-electron chi connectivity index (χ3n) is 5.01. The van der Waals surface area contributed by atoms with Crippen LogP contribution in [0.3, 0.4) is 0 Å². The quantitative estimate of drug-likeness (QED) is 0.814. The van der Waals surface area contributed by atoms with Gasteiger partial charge in [-0.1, -0.05) is 63.4 Å². The van der Waals surface area contributed by atoms with Crippen molar-refractivity contribution in [2.24, 2.45) is 11.8 Å². The minimum atomic E-state index is -1.01. The van der Waals surface area contributed by atoms with Crippen molar-refractivity contribution in [2.75, 3.05) is 0 Å². The lowest BCUT2D eigenvalue weighted by Crippen LogP contribution is -2.49. The van der Waals surface area contributed by atoms with Gasteiger partial charge in [-0.3, -0.25) is 9.69 Å². The molecule has 1 aliphatic rings. The fourth-order valence-electron chi connectivity index (χ4n) is 3.48. The number of ketones is 1. The van der Waals surface area contributed by atoms with Gasteiger partial charge in [-0.15, -0.1) is 0 Å². The van der Waals surface area contributed by atoms with Gasteiger partial charge in [0, 0.05) is 12.5 Å². The van der Waals surface area contributed by atoms with Gasteiger partial charge < -0.3 is 5.11 Å². The number of carbonyl (C=O) groups excluding carboxylic acids is 1. The lowest BCUT2D eigenvalue weighted by atomic mass is 9.86. The highest BCUT2D eigenvalue weighted by Gasteiger charge is 2.38. The molecule has 23 heavy (non-hydrogen) atoms. The molecule has 1 fully saturated rings. The maximum absolute atomic E-state index is 13.0. The van der Waals surface area contributed by atoms with Crippen molar-refractivity contribution in [1.29, 1.82) is 0 Å². The number of hydrogen-bond donors (Lipinski definition) is 1. The molecule has 126 valence electrons. The van der Waals surface area contributed by atoms with E-state index >= 15 is 0 Å². The molecule has 0 spiro atoms. The Morgan fingerprint density at radius 3 is 2.35 bits per heavy atom. The maximum atomic E-state index is 13.0. The Morgan fingerprint density at radius 1 is 1.22 bits per heavy atom. The number of amides is 1. The average molecular weight is 317 g/mol. The summed E-state index contributed by atoms with van der Waals surface area (Å²) in [6, 6.07) is 8.97. The summed E-state index contributed by atoms with van der Waals surface area (Å²) in [6.45, 7) is 4.27. The third kappa shape index (κ3) is 4.34. The first-order chi connectivity index (χ1) is 11.0. The van der Waals surface area contributed by atoms with E-state index in [1.807, 2.05) is 44.2 Å². The summed E-state index contributed by atoms with van der Waals surface area (Å²) in [5.41, 5.74) is 0.919. The van der Waals surface area contributed by atoms with Crippen LogP contribution in [0.5, 0.6) is 0 Å². The van der Waals surface area contributed by atoms with Crippen molar-refractivity contribution in [2.45, 2.75) is 58.5 Å². The Balaban J connectivity index is 2.25. The molecule has 0 aromatic heterocycles. The Morgan fingerprint density at radius 2 is 1.83 bits per heavy atom. The number of Topliss-reactive ketones (excluding diaryl/α,β-unsaturated/α-hetero) is 1. The second kappa shape index (κ2) is 8.14. The zero-order valence-electron chi connectivity index (χ0n) is 14.1. The zero-order chi connectivity index (χ0) is 16.8. The molecule has 4 nitrogen and oxygen atoms in total. The maximum Gasteiger partial charge on any atom is 0.408 e. The first kappa shape index (κ1) is 17.5. The van der Waals surface area contributed by atoms with Crippen LogP contribution in [0.15, 0.2) is 30.3 Å². The predicted octanol–water partition coefficient (Wildman–Crippen LogP) is 4.34. The highest BCUT2D eigenvalue weighted by Crippen LogP contribution is 2.30. The van der Waals surface area contributed by atoms with E-state index in [4.69, 9.17) is 0 Å². The number of carboxylic acid groups (broad SMARTS) is 1. The van der Waals surface area contributed by atoms with Crippen LogP contribution >= 0.6 is 0 Å². The molecule has 0 radical (unpaired) electrons. The van der Waals surface area contributed by atoms with Gasteiger partial charge in [0.25, 0.3) is 0 Å². The van der Waals surface area contributed by atoms with Crippen molar-refractivity contribution in [1.82, 2.24) is 4.90 Å². The van der Waals surface area contributed by atoms with Crippen molar-refractivity contribution < 1.29 is 14.7 Å². The van der Waals surface area contributed by atoms with Crippen LogP contribution in [0.2, 0.25) is 0 Å². The van der Waals surface area contributed by atoms with Crippen LogP contribution in [0.25, 0.3) is 0 Å². The van der Waals surface area contributed by atoms with Gasteiger partial charge in [-0.2, -0.15) is 0 Å². The van der Waals surface area contributed by atoms with Gasteiger partial charge >= 0.3 is 6.09 Å². The standard InChI is InChI=1S/C19H27NO3/c1-3-14(2)17(18(21)16-11-7-8-12-16)20(19(22)23)13-15-9-5-4-6-10-15/h4-6,9-10,14,16-17H,3,7-8,11-13H2,1-2H3,(H,22,23). The molecule has 0 bridgehead atoms. The Kier molecular flexibility index (Phi) is 6.20. The molecule has 1 aliphatic carbocycles. The number of benzene rings is 1. The van der Waals surface area contributed by atoms with E-state index in [9.17, 15) is 14.7 Å². The zero-order valence-corrected chi connectivity index (χ0v) is 14.1. The highest BCUT2D eigenvalue weighted by atomic mass is 16.4. The van der Waals surface area contributed by atoms with Crippen LogP contribution in [0.4, 0.5) is 4.79 Å². The van der Waals surface area contributed by atoms with E-state index in [1.54, 1.807) is 0 Å². The summed E-state index contributed by atoms with van der Waals surface area (Å²) in [4.78, 5) is 26.2. The summed E-state index contributed by atoms with van der Waals surface area (Å²) < 4.78 is 0. The molecule has 0 saturated heterocycles. The molecule has 4 heteroatoms. The Labute approximate surface area is 138 Å². The van der Waals surface area contributed by atoms with Gasteiger partial charge in [-0.25, -0.2) is 4.79 Å². The number of hydrogen-bond acceptors (Lipinski definition) is 2. The number of carbonyl (C=O) groups is 2. The number of rotatable bonds is 7. The first-order valence-electron chi connectivity index (χ1n) is 8.61. The number of nitrogens with zero attached hydrogens (tertiary/aromatic N) is 1. The van der Waals surface area contributed by atoms with Crippen molar-refractivity contribution >= 4 is 11.9 Å². The summed E-state index contributed by atoms with van der Waals surface area (Å²) in [7, 11) is 0. The topological polar surface area (TPSA) is 57.6 Å². The smallest absolute Gasteiger partial charge is 0.408 e. The van der Waals surface area contributed by atoms with E-state index in [2.05, 4.69) is 0 Å². The molecule has 2 atom stereocenters. The largest absolute Gasteiger partial charge is 0.465 e. The van der Waals surface area contributed by atoms with Crippen LogP contribution in [0.1, 0.15) is 51.5 Å². The van der Waals surface area contributed by atoms with E-state index in [0.717, 1.165) is 37.7 Å². The van der Waals surface area contributed by atoms with E-state index in [0.29, 0.717) is 0 Å². The van der Waals surface area contributed by atoms with Crippen molar-refractivity contribution in [3.8, 4) is 0 Å². The van der Waals surface area contributed by atoms with Gasteiger partial charge in [0.1, 0.15) is 0 Å². The minimum absolute atomic E-state index is 0.0305. The fraction of sp³-hybridized carbons (Fsp3) is 0.579. The Hall–Kier alpha value is -1.84. The second-order valence-electron chi connectivity index (χ2n) is 6.61. The van der Waals surface area contributed by atoms with Crippen LogP contribution in [-0.4, -0.2) is 27.9 Å². The molecule has 1 saturated carbocycles. The van der Waals surface area contributed by atoms with Crippen LogP contribution in [-0.2, 0) is 11.3 Å². The molecular weight excluding hydrogens is 290 g/mol. The lowest BCUT2D eigenvalue weighted by Gasteiger charge is -2.34. The summed E-state index contributed by atoms with van der Waals surface area (Å²) in [5, 5.41) is 9.71. The predicted molar refractivity (Wildman–Crippen MR) is 90.2 cm³/mol. The molecule has 1 amide bonds. The van der Waals surface area contributed by atoms with E-state index < -0.39 is 12.1 Å². The fourth-order valence-corrected chi connectivity index (χ4v) is 3.48. The molecule has 1 aromatic rings. The third-order valence-corrected chi connectivity index (χ3v) is 5.01. The molecule has 1 N–H and O–H groups in total. The lowest BCUT2D eigenvalue weighted by molar-refractivity contribution is -0.129. The van der Waals surface area contributed by atoms with Gasteiger partial charge in [-0.05, 0) is 24.3 Å². The molecule has 1 aromatic carbocycles. The van der Waals surface area contributed by atoms with Crippen LogP contribution < -0.4 is 0 Å². The van der Waals surface area contributed by atoms with Gasteiger partial charge in [0.15, 0.2) is 5.78 Å². The van der Waals surface area contributed by atoms with E-state index in [-0.39, 0.29) is 24.2 Å². The van der Waals surface area contributed by atoms with Crippen molar-refractivity contribution in [3.05, 3.63) is 35.9 Å². The molecule has 0 heterocycles. The first-order valence-corrected chi connectivity index (χ1v) is 8.61. The molecule has 0 aliphatic heterocycles. The summed E-state index contributed by atoms with van der Waals surface area (Å²) >= 11 is 0. The highest BCUT2D eigenvalue weighted by molar-refractivity contribution is 5.89. The summed E-state index contributed by atoms with van der Waals surface area (Å²) in [6.07, 6.45) is 3.76. The van der Waals surface area contributed by atoms with Gasteiger partial charge in [0.05, 0.1) is 6.04 Å². The molecular formula is C19H27NO3. The second-order valence-corrected chi connectivity index (χ2v) is 6.61. The van der Waals surface area contributed by atoms with E-state index in [1.165, 1.54) is 4.90 Å². The monoisotopic (exact) mass is 317 g/mol. The molecule has 2 unspecified atom stereocenters. The Bertz CT molecular complexity index is 523. The minimum Gasteiger partial charge on any atom is -0.465 e.